The first-order valence-electron chi connectivity index (χ1n) is 5.97. The lowest BCUT2D eigenvalue weighted by molar-refractivity contribution is 0.301. The number of aromatic nitrogens is 4. The lowest BCUT2D eigenvalue weighted by Crippen LogP contribution is -2.05. The van der Waals surface area contributed by atoms with Gasteiger partial charge in [-0.2, -0.15) is 9.97 Å². The van der Waals surface area contributed by atoms with Gasteiger partial charge >= 0.3 is 0 Å². The number of hydrogen-bond donors (Lipinski definition) is 2. The summed E-state index contributed by atoms with van der Waals surface area (Å²) in [5.41, 5.74) is 1.32. The zero-order valence-electron chi connectivity index (χ0n) is 10.4. The Hall–Kier alpha value is -2.15. The van der Waals surface area contributed by atoms with Crippen molar-refractivity contribution in [2.24, 2.45) is 0 Å². The van der Waals surface area contributed by atoms with Gasteiger partial charge in [-0.3, -0.25) is 0 Å². The second kappa shape index (κ2) is 5.23. The van der Waals surface area contributed by atoms with Crippen LogP contribution in [0.15, 0.2) is 23.8 Å². The summed E-state index contributed by atoms with van der Waals surface area (Å²) in [5, 5.41) is 5.09. The van der Waals surface area contributed by atoms with Gasteiger partial charge in [-0.1, -0.05) is 6.07 Å². The molecule has 6 nitrogen and oxygen atoms in total. The third-order valence-electron chi connectivity index (χ3n) is 2.52. The van der Waals surface area contributed by atoms with Crippen molar-refractivity contribution in [2.75, 3.05) is 11.9 Å². The topological polar surface area (TPSA) is 75.7 Å². The predicted molar refractivity (Wildman–Crippen MR) is 74.5 cm³/mol. The van der Waals surface area contributed by atoms with Gasteiger partial charge in [0.25, 0.3) is 0 Å². The van der Waals surface area contributed by atoms with Crippen LogP contribution in [0.1, 0.15) is 11.8 Å². The zero-order valence-corrected chi connectivity index (χ0v) is 11.2. The van der Waals surface area contributed by atoms with Crippen LogP contribution in [0.5, 0.6) is 5.88 Å². The molecule has 0 aliphatic carbocycles. The van der Waals surface area contributed by atoms with E-state index in [1.807, 2.05) is 24.4 Å². The standard InChI is InChI=1S/C12H13N5OS/c1-2-13-12-16-10-9(14-7-15-10)11(17-12)18-6-8-4-3-5-19-8/h3-5,7H,2,6H2,1H3,(H2,13,14,15,16,17). The van der Waals surface area contributed by atoms with Crippen LogP contribution in [-0.2, 0) is 6.61 Å². The highest BCUT2D eigenvalue weighted by Crippen LogP contribution is 2.22. The highest BCUT2D eigenvalue weighted by Gasteiger charge is 2.11. The molecule has 0 bridgehead atoms. The summed E-state index contributed by atoms with van der Waals surface area (Å²) < 4.78 is 5.76. The molecule has 0 saturated heterocycles. The second-order valence-corrected chi connectivity index (χ2v) is 4.88. The molecule has 0 aliphatic heterocycles. The average molecular weight is 275 g/mol. The van der Waals surface area contributed by atoms with Crippen LogP contribution >= 0.6 is 11.3 Å². The SMILES string of the molecule is CCNc1nc(OCc2cccs2)c2[nH]cnc2n1. The molecule has 0 amide bonds. The summed E-state index contributed by atoms with van der Waals surface area (Å²) in [6.45, 7) is 3.24. The molecule has 2 N–H and O–H groups in total. The molecular weight excluding hydrogens is 262 g/mol. The number of aromatic amines is 1. The minimum absolute atomic E-state index is 0.494. The summed E-state index contributed by atoms with van der Waals surface area (Å²) in [4.78, 5) is 16.9. The number of thiophene rings is 1. The van der Waals surface area contributed by atoms with Crippen molar-refractivity contribution in [2.45, 2.75) is 13.5 Å². The summed E-state index contributed by atoms with van der Waals surface area (Å²) in [6.07, 6.45) is 1.59. The van der Waals surface area contributed by atoms with Gasteiger partial charge in [0, 0.05) is 11.4 Å². The third-order valence-corrected chi connectivity index (χ3v) is 3.37. The van der Waals surface area contributed by atoms with Crippen molar-refractivity contribution in [1.82, 2.24) is 19.9 Å². The Morgan fingerprint density at radius 3 is 3.16 bits per heavy atom. The van der Waals surface area contributed by atoms with Crippen molar-refractivity contribution in [3.63, 3.8) is 0 Å². The number of nitrogens with one attached hydrogen (secondary N) is 2. The maximum atomic E-state index is 5.76. The Balaban J connectivity index is 1.89. The molecule has 3 aromatic heterocycles. The fourth-order valence-corrected chi connectivity index (χ4v) is 2.30. The molecular formula is C12H13N5OS. The highest BCUT2D eigenvalue weighted by atomic mass is 32.1. The molecule has 0 saturated carbocycles. The number of ether oxygens (including phenoxy) is 1. The van der Waals surface area contributed by atoms with Crippen molar-refractivity contribution >= 4 is 28.4 Å². The molecule has 0 aromatic carbocycles. The lowest BCUT2D eigenvalue weighted by atomic mass is 10.5. The van der Waals surface area contributed by atoms with E-state index in [1.165, 1.54) is 0 Å². The number of fused-ring (bicyclic) bond motifs is 1. The van der Waals surface area contributed by atoms with E-state index in [9.17, 15) is 0 Å². The molecule has 0 spiro atoms. The Bertz CT molecular complexity index is 664. The van der Waals surface area contributed by atoms with Crippen LogP contribution in [0.2, 0.25) is 0 Å². The minimum atomic E-state index is 0.494. The van der Waals surface area contributed by atoms with Gasteiger partial charge in [0.2, 0.25) is 11.8 Å². The molecule has 0 radical (unpaired) electrons. The van der Waals surface area contributed by atoms with Gasteiger partial charge in [0.15, 0.2) is 5.65 Å². The van der Waals surface area contributed by atoms with E-state index in [0.717, 1.165) is 16.9 Å². The number of rotatable bonds is 5. The van der Waals surface area contributed by atoms with Gasteiger partial charge in [0.1, 0.15) is 12.1 Å². The van der Waals surface area contributed by atoms with E-state index >= 15 is 0 Å². The molecule has 7 heteroatoms. The number of hydrogen-bond acceptors (Lipinski definition) is 6. The van der Waals surface area contributed by atoms with E-state index in [2.05, 4.69) is 25.3 Å². The fourth-order valence-electron chi connectivity index (χ4n) is 1.68. The molecule has 0 unspecified atom stereocenters. The Morgan fingerprint density at radius 2 is 2.37 bits per heavy atom. The molecule has 98 valence electrons. The summed E-state index contributed by atoms with van der Waals surface area (Å²) >= 11 is 1.65. The van der Waals surface area contributed by atoms with E-state index in [0.29, 0.717) is 24.1 Å². The smallest absolute Gasteiger partial charge is 0.245 e. The van der Waals surface area contributed by atoms with Crippen molar-refractivity contribution < 1.29 is 4.74 Å². The van der Waals surface area contributed by atoms with Crippen LogP contribution in [-0.4, -0.2) is 26.5 Å². The van der Waals surface area contributed by atoms with Gasteiger partial charge in [0.05, 0.1) is 6.33 Å². The monoisotopic (exact) mass is 275 g/mol. The highest BCUT2D eigenvalue weighted by molar-refractivity contribution is 7.09. The summed E-state index contributed by atoms with van der Waals surface area (Å²) in [5.74, 6) is 1.05. The van der Waals surface area contributed by atoms with Crippen molar-refractivity contribution in [3.05, 3.63) is 28.7 Å². The van der Waals surface area contributed by atoms with E-state index in [1.54, 1.807) is 17.7 Å². The molecule has 0 atom stereocenters. The zero-order chi connectivity index (χ0) is 13.1. The normalized spacial score (nSPS) is 10.8. The van der Waals surface area contributed by atoms with Gasteiger partial charge < -0.3 is 15.0 Å². The Labute approximate surface area is 113 Å². The minimum Gasteiger partial charge on any atom is -0.470 e. The largest absolute Gasteiger partial charge is 0.470 e. The number of H-pyrrole nitrogens is 1. The maximum Gasteiger partial charge on any atom is 0.245 e. The van der Waals surface area contributed by atoms with Gasteiger partial charge in [-0.25, -0.2) is 4.98 Å². The Kier molecular flexibility index (Phi) is 3.28. The second-order valence-electron chi connectivity index (χ2n) is 3.85. The molecule has 3 heterocycles. The molecule has 0 aliphatic rings. The predicted octanol–water partition coefficient (Wildman–Crippen LogP) is 2.43. The summed E-state index contributed by atoms with van der Waals surface area (Å²) in [6, 6.07) is 4.03. The molecule has 19 heavy (non-hydrogen) atoms. The van der Waals surface area contributed by atoms with E-state index in [-0.39, 0.29) is 0 Å². The first-order valence-corrected chi connectivity index (χ1v) is 6.85. The van der Waals surface area contributed by atoms with Crippen LogP contribution in [0.4, 0.5) is 5.95 Å². The first-order chi connectivity index (χ1) is 9.36. The lowest BCUT2D eigenvalue weighted by Gasteiger charge is -2.07. The fraction of sp³-hybridized carbons (Fsp3) is 0.250. The van der Waals surface area contributed by atoms with Gasteiger partial charge in [-0.15, -0.1) is 11.3 Å². The van der Waals surface area contributed by atoms with Gasteiger partial charge in [-0.05, 0) is 18.4 Å². The first kappa shape index (κ1) is 11.9. The number of imidazole rings is 1. The molecule has 3 rings (SSSR count). The van der Waals surface area contributed by atoms with Crippen molar-refractivity contribution in [3.8, 4) is 5.88 Å². The quantitative estimate of drug-likeness (QED) is 0.748. The van der Waals surface area contributed by atoms with Crippen LogP contribution in [0.3, 0.4) is 0 Å². The van der Waals surface area contributed by atoms with E-state index in [4.69, 9.17) is 4.74 Å². The molecule has 3 aromatic rings. The Morgan fingerprint density at radius 1 is 1.42 bits per heavy atom. The summed E-state index contributed by atoms with van der Waals surface area (Å²) in [7, 11) is 0. The maximum absolute atomic E-state index is 5.76. The van der Waals surface area contributed by atoms with Crippen LogP contribution in [0.25, 0.3) is 11.2 Å². The third kappa shape index (κ3) is 2.50. The van der Waals surface area contributed by atoms with E-state index < -0.39 is 0 Å². The number of nitrogens with zero attached hydrogens (tertiary/aromatic N) is 3. The number of anilines is 1. The van der Waals surface area contributed by atoms with Crippen LogP contribution < -0.4 is 10.1 Å². The molecule has 0 fully saturated rings. The van der Waals surface area contributed by atoms with Crippen LogP contribution in [0, 0.1) is 0 Å². The average Bonchev–Trinajstić information content (AvgIpc) is 3.07. The van der Waals surface area contributed by atoms with Crippen molar-refractivity contribution in [1.29, 1.82) is 0 Å².